The maximum absolute atomic E-state index is 14.5. The third-order valence-electron chi connectivity index (χ3n) is 6.32. The zero-order valence-corrected chi connectivity index (χ0v) is 18.8. The SMILES string of the molecule is C[C@H]1C[C@@H](c2ccncc2NC(=O)c2ccc(F)c(-c3cccc(C(F)(F)F)c3)n2)C[C@@H](N)[C@@H]1O. The van der Waals surface area contributed by atoms with E-state index in [0.717, 1.165) is 35.9 Å². The first kappa shape index (κ1) is 24.7. The quantitative estimate of drug-likeness (QED) is 0.460. The molecule has 1 fully saturated rings. The smallest absolute Gasteiger partial charge is 0.391 e. The van der Waals surface area contributed by atoms with Crippen LogP contribution in [0, 0.1) is 11.7 Å². The zero-order chi connectivity index (χ0) is 25.3. The number of hydrogen-bond donors (Lipinski definition) is 3. The highest BCUT2D eigenvalue weighted by Gasteiger charge is 2.34. The number of nitrogens with zero attached hydrogens (tertiary/aromatic N) is 2. The van der Waals surface area contributed by atoms with Crippen LogP contribution in [0.25, 0.3) is 11.3 Å². The minimum Gasteiger partial charge on any atom is -0.391 e. The van der Waals surface area contributed by atoms with E-state index in [1.807, 2.05) is 6.92 Å². The second-order valence-corrected chi connectivity index (χ2v) is 8.82. The van der Waals surface area contributed by atoms with E-state index in [0.29, 0.717) is 18.5 Å². The summed E-state index contributed by atoms with van der Waals surface area (Å²) in [6, 6.07) is 7.62. The number of pyridine rings is 2. The van der Waals surface area contributed by atoms with Crippen LogP contribution in [0.4, 0.5) is 23.2 Å². The maximum atomic E-state index is 14.5. The summed E-state index contributed by atoms with van der Waals surface area (Å²) in [5, 5.41) is 12.9. The molecule has 2 heterocycles. The van der Waals surface area contributed by atoms with Crippen molar-refractivity contribution in [3.05, 3.63) is 77.5 Å². The Hall–Kier alpha value is -3.37. The highest BCUT2D eigenvalue weighted by Crippen LogP contribution is 2.38. The molecule has 35 heavy (non-hydrogen) atoms. The molecule has 1 aliphatic carbocycles. The lowest BCUT2D eigenvalue weighted by molar-refractivity contribution is -0.137. The number of amides is 1. The monoisotopic (exact) mass is 488 g/mol. The molecule has 1 aliphatic rings. The van der Waals surface area contributed by atoms with E-state index < -0.39 is 35.6 Å². The van der Waals surface area contributed by atoms with Gasteiger partial charge in [0.15, 0.2) is 0 Å². The molecule has 0 unspecified atom stereocenters. The number of halogens is 4. The lowest BCUT2D eigenvalue weighted by atomic mass is 9.74. The van der Waals surface area contributed by atoms with Gasteiger partial charge in [0.1, 0.15) is 17.2 Å². The Morgan fingerprint density at radius 1 is 1.17 bits per heavy atom. The van der Waals surface area contributed by atoms with Gasteiger partial charge in [-0.05, 0) is 60.6 Å². The van der Waals surface area contributed by atoms with Crippen molar-refractivity contribution in [3.8, 4) is 11.3 Å². The lowest BCUT2D eigenvalue weighted by Crippen LogP contribution is -2.44. The van der Waals surface area contributed by atoms with Gasteiger partial charge in [0.05, 0.1) is 23.6 Å². The van der Waals surface area contributed by atoms with Gasteiger partial charge in [-0.1, -0.05) is 19.1 Å². The van der Waals surface area contributed by atoms with Crippen LogP contribution in [0.1, 0.15) is 47.3 Å². The van der Waals surface area contributed by atoms with E-state index in [9.17, 15) is 27.5 Å². The van der Waals surface area contributed by atoms with E-state index in [-0.39, 0.29) is 28.8 Å². The first-order valence-corrected chi connectivity index (χ1v) is 11.1. The molecule has 1 saturated carbocycles. The predicted molar refractivity (Wildman–Crippen MR) is 122 cm³/mol. The number of carbonyl (C=O) groups excluding carboxylic acids is 1. The normalized spacial score (nSPS) is 22.6. The molecule has 3 aromatic rings. The Kier molecular flexibility index (Phi) is 6.86. The number of nitrogens with one attached hydrogen (secondary N) is 1. The molecule has 0 saturated heterocycles. The van der Waals surface area contributed by atoms with Gasteiger partial charge in [0.2, 0.25) is 0 Å². The van der Waals surface area contributed by atoms with Gasteiger partial charge in [-0.25, -0.2) is 9.37 Å². The molecule has 0 spiro atoms. The van der Waals surface area contributed by atoms with Crippen LogP contribution in [0.5, 0.6) is 0 Å². The van der Waals surface area contributed by atoms with Crippen molar-refractivity contribution in [2.75, 3.05) is 5.32 Å². The van der Waals surface area contributed by atoms with Crippen molar-refractivity contribution in [3.63, 3.8) is 0 Å². The highest BCUT2D eigenvalue weighted by molar-refractivity contribution is 6.03. The minimum atomic E-state index is -4.60. The molecule has 2 aromatic heterocycles. The maximum Gasteiger partial charge on any atom is 0.416 e. The van der Waals surface area contributed by atoms with E-state index in [1.165, 1.54) is 12.3 Å². The number of aromatic nitrogens is 2. The van der Waals surface area contributed by atoms with Gasteiger partial charge in [0, 0.05) is 17.8 Å². The van der Waals surface area contributed by atoms with Crippen molar-refractivity contribution in [1.29, 1.82) is 0 Å². The molecule has 4 atom stereocenters. The molecule has 4 N–H and O–H groups in total. The molecule has 1 aromatic carbocycles. The minimum absolute atomic E-state index is 0.0245. The number of aliphatic hydroxyl groups excluding tert-OH is 1. The molecule has 0 bridgehead atoms. The van der Waals surface area contributed by atoms with Crippen LogP contribution < -0.4 is 11.1 Å². The van der Waals surface area contributed by atoms with Crippen molar-refractivity contribution in [1.82, 2.24) is 9.97 Å². The summed E-state index contributed by atoms with van der Waals surface area (Å²) in [5.74, 6) is -1.58. The highest BCUT2D eigenvalue weighted by atomic mass is 19.4. The Bertz CT molecular complexity index is 1220. The number of nitrogens with two attached hydrogens (primary N) is 1. The first-order chi connectivity index (χ1) is 16.5. The van der Waals surface area contributed by atoms with E-state index >= 15 is 0 Å². The fourth-order valence-corrected chi connectivity index (χ4v) is 4.49. The topological polar surface area (TPSA) is 101 Å². The van der Waals surface area contributed by atoms with Gasteiger partial charge in [-0.2, -0.15) is 13.2 Å². The fourth-order valence-electron chi connectivity index (χ4n) is 4.49. The van der Waals surface area contributed by atoms with Crippen molar-refractivity contribution in [2.45, 2.75) is 44.0 Å². The number of aliphatic hydroxyl groups is 1. The number of alkyl halides is 3. The van der Waals surface area contributed by atoms with Crippen molar-refractivity contribution in [2.24, 2.45) is 11.7 Å². The second-order valence-electron chi connectivity index (χ2n) is 8.82. The molecular formula is C25H24F4N4O2. The van der Waals surface area contributed by atoms with Crippen LogP contribution in [-0.4, -0.2) is 33.1 Å². The van der Waals surface area contributed by atoms with Crippen LogP contribution >= 0.6 is 0 Å². The standard InChI is InChI=1S/C25H24F4N4O2/c1-13-9-15(11-19(30)23(13)34)17-7-8-31-12-21(17)33-24(35)20-6-5-18(26)22(32-20)14-3-2-4-16(10-14)25(27,28)29/h2-8,10,12-13,15,19,23,34H,9,11,30H2,1H3,(H,33,35)/t13-,15+,19+,23+/m0/s1. The molecule has 0 aliphatic heterocycles. The summed E-state index contributed by atoms with van der Waals surface area (Å²) in [6.07, 6.45) is -0.958. The molecule has 10 heteroatoms. The number of hydrogen-bond acceptors (Lipinski definition) is 5. The number of carbonyl (C=O) groups is 1. The average molecular weight is 488 g/mol. The van der Waals surface area contributed by atoms with Gasteiger partial charge in [-0.15, -0.1) is 0 Å². The summed E-state index contributed by atoms with van der Waals surface area (Å²) < 4.78 is 53.7. The van der Waals surface area contributed by atoms with Crippen LogP contribution in [0.3, 0.4) is 0 Å². The molecule has 0 radical (unpaired) electrons. The summed E-state index contributed by atoms with van der Waals surface area (Å²) in [7, 11) is 0. The Morgan fingerprint density at radius 2 is 1.94 bits per heavy atom. The average Bonchev–Trinajstić information content (AvgIpc) is 2.82. The summed E-state index contributed by atoms with van der Waals surface area (Å²) in [5.41, 5.74) is 5.73. The number of rotatable bonds is 4. The van der Waals surface area contributed by atoms with Crippen molar-refractivity contribution < 1.29 is 27.5 Å². The number of anilines is 1. The largest absolute Gasteiger partial charge is 0.416 e. The Morgan fingerprint density at radius 3 is 2.66 bits per heavy atom. The zero-order valence-electron chi connectivity index (χ0n) is 18.8. The van der Waals surface area contributed by atoms with Crippen LogP contribution in [0.15, 0.2) is 54.9 Å². The van der Waals surface area contributed by atoms with E-state index in [1.54, 1.807) is 12.3 Å². The van der Waals surface area contributed by atoms with Gasteiger partial charge < -0.3 is 16.2 Å². The second kappa shape index (κ2) is 9.71. The lowest BCUT2D eigenvalue weighted by Gasteiger charge is -2.36. The van der Waals surface area contributed by atoms with Crippen LogP contribution in [-0.2, 0) is 6.18 Å². The van der Waals surface area contributed by atoms with E-state index in [4.69, 9.17) is 5.73 Å². The fraction of sp³-hybridized carbons (Fsp3) is 0.320. The Balaban J connectivity index is 1.61. The summed E-state index contributed by atoms with van der Waals surface area (Å²) in [6.45, 7) is 1.91. The third kappa shape index (κ3) is 5.33. The first-order valence-electron chi connectivity index (χ1n) is 11.1. The molecule has 4 rings (SSSR count). The predicted octanol–water partition coefficient (Wildman–Crippen LogP) is 4.76. The van der Waals surface area contributed by atoms with Gasteiger partial charge >= 0.3 is 6.18 Å². The third-order valence-corrected chi connectivity index (χ3v) is 6.32. The van der Waals surface area contributed by atoms with Gasteiger partial charge in [-0.3, -0.25) is 9.78 Å². The molecular weight excluding hydrogens is 464 g/mol. The van der Waals surface area contributed by atoms with Crippen LogP contribution in [0.2, 0.25) is 0 Å². The summed E-state index contributed by atoms with van der Waals surface area (Å²) in [4.78, 5) is 21.1. The summed E-state index contributed by atoms with van der Waals surface area (Å²) >= 11 is 0. The molecule has 6 nitrogen and oxygen atoms in total. The number of benzene rings is 1. The molecule has 184 valence electrons. The van der Waals surface area contributed by atoms with Crippen molar-refractivity contribution >= 4 is 11.6 Å². The Labute approximate surface area is 199 Å². The molecule has 1 amide bonds. The van der Waals surface area contributed by atoms with E-state index in [2.05, 4.69) is 15.3 Å². The van der Waals surface area contributed by atoms with Gasteiger partial charge in [0.25, 0.3) is 5.91 Å².